The number of hydrogen-bond donors (Lipinski definition) is 1. The Morgan fingerprint density at radius 1 is 1.78 bits per heavy atom. The molecule has 1 rings (SSSR count). The van der Waals surface area contributed by atoms with Crippen molar-refractivity contribution in [3.63, 3.8) is 0 Å². The zero-order valence-electron chi connectivity index (χ0n) is 5.23. The summed E-state index contributed by atoms with van der Waals surface area (Å²) >= 11 is 0. The van der Waals surface area contributed by atoms with Gasteiger partial charge in [-0.2, -0.15) is 0 Å². The van der Waals surface area contributed by atoms with Crippen molar-refractivity contribution in [2.75, 3.05) is 0 Å². The van der Waals surface area contributed by atoms with Crippen molar-refractivity contribution in [3.8, 4) is 0 Å². The molecule has 5 nitrogen and oxygen atoms in total. The van der Waals surface area contributed by atoms with E-state index in [1.807, 2.05) is 6.92 Å². The second-order valence-electron chi connectivity index (χ2n) is 2.01. The van der Waals surface area contributed by atoms with Crippen LogP contribution in [0.25, 0.3) is 0 Å². The standard InChI is InChI=1S/C4H9N5/c1-4(5)2-9-3-6-7-8-9/h3-4H,2,5H2,1H3/t4-/m1/s1. The molecular formula is C4H9N5. The van der Waals surface area contributed by atoms with Crippen LogP contribution in [0.4, 0.5) is 0 Å². The summed E-state index contributed by atoms with van der Waals surface area (Å²) in [5.41, 5.74) is 5.47. The van der Waals surface area contributed by atoms with Crippen LogP contribution in [0.2, 0.25) is 0 Å². The first-order valence-corrected chi connectivity index (χ1v) is 2.75. The maximum absolute atomic E-state index is 5.47. The molecule has 0 aliphatic rings. The average Bonchev–Trinajstić information content (AvgIpc) is 2.15. The van der Waals surface area contributed by atoms with Crippen molar-refractivity contribution in [2.24, 2.45) is 5.73 Å². The fourth-order valence-corrected chi connectivity index (χ4v) is 0.559. The third kappa shape index (κ3) is 1.77. The smallest absolute Gasteiger partial charge is 0.138 e. The maximum atomic E-state index is 5.47. The quantitative estimate of drug-likeness (QED) is 0.554. The molecular weight excluding hydrogens is 118 g/mol. The summed E-state index contributed by atoms with van der Waals surface area (Å²) in [6, 6.07) is 0.105. The lowest BCUT2D eigenvalue weighted by Crippen LogP contribution is -2.22. The summed E-state index contributed by atoms with van der Waals surface area (Å²) in [5.74, 6) is 0. The Hall–Kier alpha value is -0.970. The molecule has 1 atom stereocenters. The second kappa shape index (κ2) is 2.54. The molecule has 0 aliphatic heterocycles. The molecule has 0 saturated carbocycles. The summed E-state index contributed by atoms with van der Waals surface area (Å²) in [4.78, 5) is 0. The lowest BCUT2D eigenvalue weighted by molar-refractivity contribution is 0.523. The summed E-state index contributed by atoms with van der Waals surface area (Å²) in [5, 5.41) is 10.5. The number of nitrogens with two attached hydrogens (primary N) is 1. The van der Waals surface area contributed by atoms with E-state index in [0.29, 0.717) is 6.54 Å². The first-order valence-electron chi connectivity index (χ1n) is 2.75. The number of tetrazole rings is 1. The number of aromatic nitrogens is 4. The highest BCUT2D eigenvalue weighted by Crippen LogP contribution is 1.80. The molecule has 50 valence electrons. The Morgan fingerprint density at radius 2 is 2.56 bits per heavy atom. The maximum Gasteiger partial charge on any atom is 0.138 e. The third-order valence-electron chi connectivity index (χ3n) is 0.866. The molecule has 0 saturated heterocycles. The molecule has 0 unspecified atom stereocenters. The van der Waals surface area contributed by atoms with E-state index in [9.17, 15) is 0 Å². The van der Waals surface area contributed by atoms with Crippen molar-refractivity contribution in [2.45, 2.75) is 19.5 Å². The zero-order valence-corrected chi connectivity index (χ0v) is 5.23. The Balaban J connectivity index is 2.48. The van der Waals surface area contributed by atoms with Gasteiger partial charge in [-0.3, -0.25) is 0 Å². The van der Waals surface area contributed by atoms with Gasteiger partial charge in [0.2, 0.25) is 0 Å². The first-order chi connectivity index (χ1) is 4.29. The van der Waals surface area contributed by atoms with E-state index in [0.717, 1.165) is 0 Å². The lowest BCUT2D eigenvalue weighted by atomic mass is 10.4. The molecule has 0 spiro atoms. The van der Waals surface area contributed by atoms with Gasteiger partial charge in [0, 0.05) is 6.04 Å². The molecule has 5 heteroatoms. The lowest BCUT2D eigenvalue weighted by Gasteiger charge is -2.00. The molecule has 0 aromatic carbocycles. The van der Waals surface area contributed by atoms with Crippen molar-refractivity contribution in [1.29, 1.82) is 0 Å². The normalized spacial score (nSPS) is 13.6. The van der Waals surface area contributed by atoms with E-state index in [2.05, 4.69) is 15.5 Å². The van der Waals surface area contributed by atoms with Crippen LogP contribution in [0.5, 0.6) is 0 Å². The van der Waals surface area contributed by atoms with Gasteiger partial charge in [-0.05, 0) is 17.4 Å². The van der Waals surface area contributed by atoms with Crippen LogP contribution in [-0.4, -0.2) is 26.2 Å². The summed E-state index contributed by atoms with van der Waals surface area (Å²) < 4.78 is 1.60. The molecule has 2 N–H and O–H groups in total. The van der Waals surface area contributed by atoms with Gasteiger partial charge in [0.1, 0.15) is 6.33 Å². The number of rotatable bonds is 2. The van der Waals surface area contributed by atoms with Gasteiger partial charge < -0.3 is 5.73 Å². The Bertz CT molecular complexity index is 155. The SMILES string of the molecule is C[C@@H](N)Cn1cnnn1. The number of hydrogen-bond acceptors (Lipinski definition) is 4. The zero-order chi connectivity index (χ0) is 6.69. The minimum atomic E-state index is 0.105. The van der Waals surface area contributed by atoms with E-state index in [1.165, 1.54) is 0 Å². The van der Waals surface area contributed by atoms with E-state index in [4.69, 9.17) is 5.73 Å². The van der Waals surface area contributed by atoms with Gasteiger partial charge in [0.05, 0.1) is 6.54 Å². The van der Waals surface area contributed by atoms with E-state index in [1.54, 1.807) is 11.0 Å². The van der Waals surface area contributed by atoms with Crippen LogP contribution in [-0.2, 0) is 6.54 Å². The molecule has 1 aromatic rings. The van der Waals surface area contributed by atoms with Gasteiger partial charge >= 0.3 is 0 Å². The van der Waals surface area contributed by atoms with Gasteiger partial charge in [0.25, 0.3) is 0 Å². The summed E-state index contributed by atoms with van der Waals surface area (Å²) in [6.07, 6.45) is 1.54. The monoisotopic (exact) mass is 127 g/mol. The predicted octanol–water partition coefficient (Wildman–Crippen LogP) is -0.980. The van der Waals surface area contributed by atoms with Crippen LogP contribution in [0.15, 0.2) is 6.33 Å². The van der Waals surface area contributed by atoms with Crippen LogP contribution < -0.4 is 5.73 Å². The van der Waals surface area contributed by atoms with Crippen molar-refractivity contribution < 1.29 is 0 Å². The van der Waals surface area contributed by atoms with E-state index >= 15 is 0 Å². The Labute approximate surface area is 52.8 Å². The first kappa shape index (κ1) is 6.15. The highest BCUT2D eigenvalue weighted by atomic mass is 15.5. The van der Waals surface area contributed by atoms with Crippen molar-refractivity contribution >= 4 is 0 Å². The highest BCUT2D eigenvalue weighted by Gasteiger charge is 1.94. The van der Waals surface area contributed by atoms with Crippen LogP contribution in [0.1, 0.15) is 6.92 Å². The van der Waals surface area contributed by atoms with E-state index < -0.39 is 0 Å². The third-order valence-corrected chi connectivity index (χ3v) is 0.866. The van der Waals surface area contributed by atoms with Gasteiger partial charge in [-0.25, -0.2) is 4.68 Å². The average molecular weight is 127 g/mol. The molecule has 0 amide bonds. The van der Waals surface area contributed by atoms with Crippen LogP contribution >= 0.6 is 0 Å². The van der Waals surface area contributed by atoms with E-state index in [-0.39, 0.29) is 6.04 Å². The molecule has 0 aliphatic carbocycles. The van der Waals surface area contributed by atoms with Crippen molar-refractivity contribution in [1.82, 2.24) is 20.2 Å². The van der Waals surface area contributed by atoms with Crippen LogP contribution in [0.3, 0.4) is 0 Å². The molecule has 0 bridgehead atoms. The van der Waals surface area contributed by atoms with Gasteiger partial charge in [0.15, 0.2) is 0 Å². The van der Waals surface area contributed by atoms with Gasteiger partial charge in [-0.15, -0.1) is 5.10 Å². The van der Waals surface area contributed by atoms with Gasteiger partial charge in [-0.1, -0.05) is 0 Å². The second-order valence-corrected chi connectivity index (χ2v) is 2.01. The largest absolute Gasteiger partial charge is 0.326 e. The topological polar surface area (TPSA) is 69.6 Å². The molecule has 0 radical (unpaired) electrons. The van der Waals surface area contributed by atoms with Crippen molar-refractivity contribution in [3.05, 3.63) is 6.33 Å². The molecule has 1 aromatic heterocycles. The minimum Gasteiger partial charge on any atom is -0.326 e. The molecule has 9 heavy (non-hydrogen) atoms. The summed E-state index contributed by atoms with van der Waals surface area (Å²) in [6.45, 7) is 2.58. The van der Waals surface area contributed by atoms with Crippen LogP contribution in [0, 0.1) is 0 Å². The Morgan fingerprint density at radius 3 is 3.00 bits per heavy atom. The summed E-state index contributed by atoms with van der Waals surface area (Å²) in [7, 11) is 0. The Kier molecular flexibility index (Phi) is 1.74. The molecule has 0 fully saturated rings. The number of nitrogens with zero attached hydrogens (tertiary/aromatic N) is 4. The minimum absolute atomic E-state index is 0.105. The fraction of sp³-hybridized carbons (Fsp3) is 0.750. The highest BCUT2D eigenvalue weighted by molar-refractivity contribution is 4.54. The molecule has 1 heterocycles. The predicted molar refractivity (Wildman–Crippen MR) is 31.5 cm³/mol. The fourth-order valence-electron chi connectivity index (χ4n) is 0.559.